The fourth-order valence-corrected chi connectivity index (χ4v) is 2.75. The van der Waals surface area contributed by atoms with Gasteiger partial charge in [0.25, 0.3) is 5.88 Å². The molecule has 2 heterocycles. The van der Waals surface area contributed by atoms with Crippen LogP contribution in [0, 0.1) is 5.92 Å². The molecule has 116 valence electrons. The highest BCUT2D eigenvalue weighted by atomic mass is 16.5. The van der Waals surface area contributed by atoms with Crippen LogP contribution in [0.3, 0.4) is 0 Å². The topological polar surface area (TPSA) is 75.6 Å². The van der Waals surface area contributed by atoms with Gasteiger partial charge in [-0.05, 0) is 31.9 Å². The van der Waals surface area contributed by atoms with E-state index in [1.807, 2.05) is 31.2 Å². The van der Waals surface area contributed by atoms with E-state index < -0.39 is 5.97 Å². The van der Waals surface area contributed by atoms with Crippen LogP contribution in [0.25, 0.3) is 11.0 Å². The normalized spacial score (nSPS) is 16.0. The van der Waals surface area contributed by atoms with Gasteiger partial charge in [0.05, 0.1) is 23.6 Å². The largest absolute Gasteiger partial charge is 0.481 e. The molecule has 0 radical (unpaired) electrons. The number of para-hydroxylation sites is 2. The first-order valence-electron chi connectivity index (χ1n) is 7.56. The summed E-state index contributed by atoms with van der Waals surface area (Å²) in [5, 5.41) is 9.10. The highest BCUT2D eigenvalue weighted by molar-refractivity contribution is 5.77. The first kappa shape index (κ1) is 14.6. The number of carboxylic acid groups (broad SMARTS) is 1. The van der Waals surface area contributed by atoms with Crippen molar-refractivity contribution in [2.24, 2.45) is 5.92 Å². The summed E-state index contributed by atoms with van der Waals surface area (Å²) < 4.78 is 5.64. The minimum atomic E-state index is -0.714. The van der Waals surface area contributed by atoms with Crippen molar-refractivity contribution in [3.63, 3.8) is 0 Å². The molecule has 0 amide bonds. The van der Waals surface area contributed by atoms with Gasteiger partial charge in [-0.1, -0.05) is 12.1 Å². The molecule has 22 heavy (non-hydrogen) atoms. The molecule has 1 saturated heterocycles. The van der Waals surface area contributed by atoms with Gasteiger partial charge >= 0.3 is 5.97 Å². The first-order chi connectivity index (χ1) is 10.7. The SMILES string of the molecule is CCOc1nc2ccccc2nc1N1CCC(C(=O)O)CC1. The van der Waals surface area contributed by atoms with E-state index in [9.17, 15) is 4.79 Å². The highest BCUT2D eigenvalue weighted by Gasteiger charge is 2.27. The van der Waals surface area contributed by atoms with Gasteiger partial charge in [0.15, 0.2) is 5.82 Å². The van der Waals surface area contributed by atoms with Gasteiger partial charge in [-0.3, -0.25) is 4.79 Å². The van der Waals surface area contributed by atoms with Gasteiger partial charge in [-0.15, -0.1) is 0 Å². The van der Waals surface area contributed by atoms with E-state index in [1.165, 1.54) is 0 Å². The number of nitrogens with zero attached hydrogens (tertiary/aromatic N) is 3. The molecule has 1 aromatic heterocycles. The zero-order valence-electron chi connectivity index (χ0n) is 12.5. The molecule has 0 spiro atoms. The first-order valence-corrected chi connectivity index (χ1v) is 7.56. The van der Waals surface area contributed by atoms with E-state index in [-0.39, 0.29) is 5.92 Å². The van der Waals surface area contributed by atoms with E-state index >= 15 is 0 Å². The molecule has 1 aliphatic rings. The molecule has 0 unspecified atom stereocenters. The Labute approximate surface area is 128 Å². The van der Waals surface area contributed by atoms with E-state index in [4.69, 9.17) is 9.84 Å². The monoisotopic (exact) mass is 301 g/mol. The van der Waals surface area contributed by atoms with E-state index in [2.05, 4.69) is 14.9 Å². The van der Waals surface area contributed by atoms with E-state index in [0.29, 0.717) is 44.2 Å². The summed E-state index contributed by atoms with van der Waals surface area (Å²) in [7, 11) is 0. The summed E-state index contributed by atoms with van der Waals surface area (Å²) in [5.41, 5.74) is 1.62. The van der Waals surface area contributed by atoms with Crippen LogP contribution in [-0.4, -0.2) is 40.7 Å². The second-order valence-corrected chi connectivity index (χ2v) is 5.37. The van der Waals surface area contributed by atoms with Crippen molar-refractivity contribution in [3.05, 3.63) is 24.3 Å². The summed E-state index contributed by atoms with van der Waals surface area (Å²) in [5.74, 6) is 0.258. The maximum atomic E-state index is 11.1. The lowest BCUT2D eigenvalue weighted by molar-refractivity contribution is -0.142. The Kier molecular flexibility index (Phi) is 4.09. The molecule has 1 aromatic carbocycles. The number of carbonyl (C=O) groups is 1. The average Bonchev–Trinajstić information content (AvgIpc) is 2.54. The Balaban J connectivity index is 1.91. The molecular weight excluding hydrogens is 282 g/mol. The molecule has 0 saturated carbocycles. The third-order valence-electron chi connectivity index (χ3n) is 3.95. The van der Waals surface area contributed by atoms with Gasteiger partial charge < -0.3 is 14.7 Å². The van der Waals surface area contributed by atoms with Crippen LogP contribution in [0.4, 0.5) is 5.82 Å². The van der Waals surface area contributed by atoms with Crippen molar-refractivity contribution in [2.75, 3.05) is 24.6 Å². The molecule has 0 bridgehead atoms. The Hall–Kier alpha value is -2.37. The van der Waals surface area contributed by atoms with Gasteiger partial charge in [-0.2, -0.15) is 0 Å². The number of hydrogen-bond acceptors (Lipinski definition) is 5. The van der Waals surface area contributed by atoms with Gasteiger partial charge in [0.2, 0.25) is 0 Å². The van der Waals surface area contributed by atoms with Crippen molar-refractivity contribution < 1.29 is 14.6 Å². The minimum absolute atomic E-state index is 0.264. The molecular formula is C16H19N3O3. The second-order valence-electron chi connectivity index (χ2n) is 5.37. The number of carboxylic acids is 1. The number of aromatic nitrogens is 2. The lowest BCUT2D eigenvalue weighted by Crippen LogP contribution is -2.37. The Morgan fingerprint density at radius 2 is 1.91 bits per heavy atom. The smallest absolute Gasteiger partial charge is 0.306 e. The maximum Gasteiger partial charge on any atom is 0.306 e. The van der Waals surface area contributed by atoms with E-state index in [1.54, 1.807) is 0 Å². The summed E-state index contributed by atoms with van der Waals surface area (Å²) in [6.45, 7) is 3.75. The number of hydrogen-bond donors (Lipinski definition) is 1. The fourth-order valence-electron chi connectivity index (χ4n) is 2.75. The summed E-state index contributed by atoms with van der Waals surface area (Å²) in [6, 6.07) is 7.68. The number of aliphatic carboxylic acids is 1. The highest BCUT2D eigenvalue weighted by Crippen LogP contribution is 2.30. The fraction of sp³-hybridized carbons (Fsp3) is 0.438. The van der Waals surface area contributed by atoms with Gasteiger partial charge in [0, 0.05) is 13.1 Å². The number of rotatable bonds is 4. The molecule has 0 aliphatic carbocycles. The Morgan fingerprint density at radius 1 is 1.27 bits per heavy atom. The number of ether oxygens (including phenoxy) is 1. The molecule has 3 rings (SSSR count). The third kappa shape index (κ3) is 2.81. The number of benzene rings is 1. The van der Waals surface area contributed by atoms with Crippen molar-refractivity contribution in [2.45, 2.75) is 19.8 Å². The van der Waals surface area contributed by atoms with Crippen molar-refractivity contribution in [1.29, 1.82) is 0 Å². The van der Waals surface area contributed by atoms with E-state index in [0.717, 1.165) is 11.0 Å². The summed E-state index contributed by atoms with van der Waals surface area (Å²) >= 11 is 0. The van der Waals surface area contributed by atoms with Crippen LogP contribution in [0.1, 0.15) is 19.8 Å². The molecule has 1 fully saturated rings. The van der Waals surface area contributed by atoms with Crippen LogP contribution >= 0.6 is 0 Å². The molecule has 0 atom stereocenters. The molecule has 6 nitrogen and oxygen atoms in total. The van der Waals surface area contributed by atoms with Crippen molar-refractivity contribution >= 4 is 22.8 Å². The Morgan fingerprint density at radius 3 is 2.50 bits per heavy atom. The van der Waals surface area contributed by atoms with Crippen LogP contribution < -0.4 is 9.64 Å². The van der Waals surface area contributed by atoms with Crippen LogP contribution in [-0.2, 0) is 4.79 Å². The van der Waals surface area contributed by atoms with Crippen LogP contribution in [0.5, 0.6) is 5.88 Å². The molecule has 1 N–H and O–H groups in total. The zero-order chi connectivity index (χ0) is 15.5. The van der Waals surface area contributed by atoms with Crippen molar-refractivity contribution in [1.82, 2.24) is 9.97 Å². The average molecular weight is 301 g/mol. The zero-order valence-corrected chi connectivity index (χ0v) is 12.5. The second kappa shape index (κ2) is 6.17. The van der Waals surface area contributed by atoms with Gasteiger partial charge in [-0.25, -0.2) is 9.97 Å². The predicted molar refractivity (Wildman–Crippen MR) is 83.3 cm³/mol. The lowest BCUT2D eigenvalue weighted by Gasteiger charge is -2.31. The summed E-state index contributed by atoms with van der Waals surface area (Å²) in [6.07, 6.45) is 1.24. The molecule has 2 aromatic rings. The lowest BCUT2D eigenvalue weighted by atomic mass is 9.97. The number of anilines is 1. The minimum Gasteiger partial charge on any atom is -0.481 e. The maximum absolute atomic E-state index is 11.1. The summed E-state index contributed by atoms with van der Waals surface area (Å²) in [4.78, 5) is 22.4. The quantitative estimate of drug-likeness (QED) is 0.934. The predicted octanol–water partition coefficient (Wildman–Crippen LogP) is 2.33. The van der Waals surface area contributed by atoms with Crippen LogP contribution in [0.15, 0.2) is 24.3 Å². The molecule has 1 aliphatic heterocycles. The van der Waals surface area contributed by atoms with Gasteiger partial charge in [0.1, 0.15) is 0 Å². The number of fused-ring (bicyclic) bond motifs is 1. The number of piperidine rings is 1. The van der Waals surface area contributed by atoms with Crippen molar-refractivity contribution in [3.8, 4) is 5.88 Å². The molecule has 6 heteroatoms. The third-order valence-corrected chi connectivity index (χ3v) is 3.95. The Bertz CT molecular complexity index is 681. The van der Waals surface area contributed by atoms with Crippen LogP contribution in [0.2, 0.25) is 0 Å². The standard InChI is InChI=1S/C16H19N3O3/c1-2-22-15-14(17-12-5-3-4-6-13(12)18-15)19-9-7-11(8-10-19)16(20)21/h3-6,11H,2,7-10H2,1H3,(H,20,21).